The summed E-state index contributed by atoms with van der Waals surface area (Å²) in [6.07, 6.45) is 6.06. The molecule has 2 fully saturated rings. The van der Waals surface area contributed by atoms with Crippen molar-refractivity contribution in [1.82, 2.24) is 0 Å². The standard InChI is InChI=1S/C20H24O4/c1-20-9-8-15-14-5-3-13(24-11-19(22)23)10-12(14)2-4-16(15)17(20)6-7-18(20)21/h3,5,10,15-17H,2,4,6-9,11H2,1H3,(H,22,23)/t15-,16+,17+,20-/m1/s1. The molecule has 0 radical (unpaired) electrons. The van der Waals surface area contributed by atoms with Crippen LogP contribution in [0.25, 0.3) is 0 Å². The maximum atomic E-state index is 12.4. The monoisotopic (exact) mass is 328 g/mol. The zero-order chi connectivity index (χ0) is 16.9. The zero-order valence-electron chi connectivity index (χ0n) is 14.1. The summed E-state index contributed by atoms with van der Waals surface area (Å²) in [4.78, 5) is 23.0. The van der Waals surface area contributed by atoms with Crippen LogP contribution in [0.5, 0.6) is 5.75 Å². The third-order valence-electron chi connectivity index (χ3n) is 6.77. The molecule has 0 aliphatic heterocycles. The van der Waals surface area contributed by atoms with Gasteiger partial charge in [-0.2, -0.15) is 0 Å². The molecule has 2 saturated carbocycles. The van der Waals surface area contributed by atoms with Crippen LogP contribution in [0.2, 0.25) is 0 Å². The highest BCUT2D eigenvalue weighted by atomic mass is 16.5. The number of rotatable bonds is 3. The Morgan fingerprint density at radius 3 is 2.92 bits per heavy atom. The highest BCUT2D eigenvalue weighted by molar-refractivity contribution is 5.87. The lowest BCUT2D eigenvalue weighted by atomic mass is 9.55. The number of carbonyl (C=O) groups is 2. The molecule has 0 heterocycles. The second-order valence-electron chi connectivity index (χ2n) is 7.88. The van der Waals surface area contributed by atoms with E-state index in [1.807, 2.05) is 12.1 Å². The van der Waals surface area contributed by atoms with Gasteiger partial charge in [0.1, 0.15) is 11.5 Å². The van der Waals surface area contributed by atoms with Crippen molar-refractivity contribution in [3.05, 3.63) is 29.3 Å². The van der Waals surface area contributed by atoms with Crippen molar-refractivity contribution in [3.8, 4) is 5.75 Å². The lowest BCUT2D eigenvalue weighted by Crippen LogP contribution is -2.42. The first-order valence-electron chi connectivity index (χ1n) is 9.00. The molecule has 24 heavy (non-hydrogen) atoms. The Morgan fingerprint density at radius 1 is 1.29 bits per heavy atom. The molecule has 3 aliphatic rings. The molecule has 0 spiro atoms. The van der Waals surface area contributed by atoms with E-state index in [4.69, 9.17) is 9.84 Å². The molecule has 128 valence electrons. The van der Waals surface area contributed by atoms with Crippen LogP contribution in [0.4, 0.5) is 0 Å². The lowest BCUT2D eigenvalue weighted by molar-refractivity contribution is -0.139. The first kappa shape index (κ1) is 15.7. The summed E-state index contributed by atoms with van der Waals surface area (Å²) in [7, 11) is 0. The Hall–Kier alpha value is -1.84. The van der Waals surface area contributed by atoms with Gasteiger partial charge in [-0.1, -0.05) is 13.0 Å². The minimum atomic E-state index is -0.953. The normalized spacial score (nSPS) is 34.2. The number of ketones is 1. The van der Waals surface area contributed by atoms with E-state index in [2.05, 4.69) is 13.0 Å². The number of fused-ring (bicyclic) bond motifs is 5. The van der Waals surface area contributed by atoms with E-state index in [1.165, 1.54) is 11.1 Å². The summed E-state index contributed by atoms with van der Waals surface area (Å²) >= 11 is 0. The van der Waals surface area contributed by atoms with Gasteiger partial charge in [0.05, 0.1) is 0 Å². The molecule has 4 atom stereocenters. The van der Waals surface area contributed by atoms with Crippen LogP contribution in [0.1, 0.15) is 56.1 Å². The largest absolute Gasteiger partial charge is 0.482 e. The van der Waals surface area contributed by atoms with E-state index in [1.54, 1.807) is 0 Å². The minimum absolute atomic E-state index is 0.0801. The second kappa shape index (κ2) is 5.61. The smallest absolute Gasteiger partial charge is 0.341 e. The van der Waals surface area contributed by atoms with Gasteiger partial charge in [0.2, 0.25) is 0 Å². The fourth-order valence-corrected chi connectivity index (χ4v) is 5.56. The third-order valence-corrected chi connectivity index (χ3v) is 6.77. The molecule has 0 amide bonds. The first-order valence-corrected chi connectivity index (χ1v) is 9.00. The van der Waals surface area contributed by atoms with Crippen LogP contribution >= 0.6 is 0 Å². The molecule has 0 aromatic heterocycles. The van der Waals surface area contributed by atoms with Gasteiger partial charge in [0.25, 0.3) is 0 Å². The molecule has 3 aliphatic carbocycles. The van der Waals surface area contributed by atoms with Gasteiger partial charge in [-0.25, -0.2) is 4.79 Å². The average Bonchev–Trinajstić information content (AvgIpc) is 2.88. The van der Waals surface area contributed by atoms with E-state index in [9.17, 15) is 9.59 Å². The Labute approximate surface area is 142 Å². The van der Waals surface area contributed by atoms with Gasteiger partial charge in [-0.15, -0.1) is 0 Å². The maximum absolute atomic E-state index is 12.4. The van der Waals surface area contributed by atoms with Crippen LogP contribution < -0.4 is 4.74 Å². The number of Topliss-reactive ketones (excluding diaryl/α,β-unsaturated/α-hetero) is 1. The molecular formula is C20H24O4. The van der Waals surface area contributed by atoms with E-state index in [-0.39, 0.29) is 12.0 Å². The topological polar surface area (TPSA) is 63.6 Å². The van der Waals surface area contributed by atoms with Crippen LogP contribution in [-0.2, 0) is 16.0 Å². The molecule has 4 nitrogen and oxygen atoms in total. The van der Waals surface area contributed by atoms with E-state index >= 15 is 0 Å². The highest BCUT2D eigenvalue weighted by Gasteiger charge is 2.54. The van der Waals surface area contributed by atoms with Crippen LogP contribution in [0, 0.1) is 17.3 Å². The van der Waals surface area contributed by atoms with Crippen molar-refractivity contribution in [2.75, 3.05) is 6.61 Å². The summed E-state index contributed by atoms with van der Waals surface area (Å²) in [5.41, 5.74) is 2.62. The minimum Gasteiger partial charge on any atom is -0.482 e. The fraction of sp³-hybridized carbons (Fsp3) is 0.600. The number of hydrogen-bond acceptors (Lipinski definition) is 3. The number of aryl methyl sites for hydroxylation is 1. The summed E-state index contributed by atoms with van der Waals surface area (Å²) in [5.74, 6) is 1.88. The van der Waals surface area contributed by atoms with Crippen molar-refractivity contribution in [1.29, 1.82) is 0 Å². The average molecular weight is 328 g/mol. The molecule has 0 saturated heterocycles. The highest BCUT2D eigenvalue weighted by Crippen LogP contribution is 2.59. The molecule has 0 bridgehead atoms. The van der Waals surface area contributed by atoms with Crippen LogP contribution in [0.3, 0.4) is 0 Å². The van der Waals surface area contributed by atoms with Crippen molar-refractivity contribution in [2.24, 2.45) is 17.3 Å². The van der Waals surface area contributed by atoms with E-state index in [0.717, 1.165) is 38.5 Å². The Morgan fingerprint density at radius 2 is 2.12 bits per heavy atom. The Bertz CT molecular complexity index is 695. The SMILES string of the molecule is C[C@@]12CC[C@@H]3c4ccc(OCC(=O)O)cc4CC[C@@H]3[C@@H]1CCC2=O. The number of carbonyl (C=O) groups excluding carboxylic acids is 1. The lowest BCUT2D eigenvalue weighted by Gasteiger charge is -2.48. The molecule has 1 aromatic rings. The van der Waals surface area contributed by atoms with Gasteiger partial charge in [-0.3, -0.25) is 4.79 Å². The van der Waals surface area contributed by atoms with E-state index < -0.39 is 5.97 Å². The van der Waals surface area contributed by atoms with Gasteiger partial charge >= 0.3 is 5.97 Å². The predicted molar refractivity (Wildman–Crippen MR) is 89.2 cm³/mol. The van der Waals surface area contributed by atoms with Crippen LogP contribution in [-0.4, -0.2) is 23.5 Å². The second-order valence-corrected chi connectivity index (χ2v) is 7.88. The number of ether oxygens (including phenoxy) is 1. The maximum Gasteiger partial charge on any atom is 0.341 e. The molecule has 1 aromatic carbocycles. The zero-order valence-corrected chi connectivity index (χ0v) is 14.1. The first-order chi connectivity index (χ1) is 11.5. The predicted octanol–water partition coefficient (Wildman–Crippen LogP) is 3.58. The quantitative estimate of drug-likeness (QED) is 0.921. The number of aliphatic carboxylic acids is 1. The van der Waals surface area contributed by atoms with Gasteiger partial charge in [0.15, 0.2) is 6.61 Å². The summed E-state index contributed by atoms with van der Waals surface area (Å²) < 4.78 is 5.32. The number of benzene rings is 1. The molecule has 0 unspecified atom stereocenters. The van der Waals surface area contributed by atoms with Gasteiger partial charge in [0, 0.05) is 11.8 Å². The van der Waals surface area contributed by atoms with Crippen molar-refractivity contribution >= 4 is 11.8 Å². The Kier molecular flexibility index (Phi) is 3.66. The van der Waals surface area contributed by atoms with Crippen LogP contribution in [0.15, 0.2) is 18.2 Å². The molecule has 4 rings (SSSR count). The van der Waals surface area contributed by atoms with Crippen molar-refractivity contribution in [3.63, 3.8) is 0 Å². The van der Waals surface area contributed by atoms with Gasteiger partial charge < -0.3 is 9.84 Å². The summed E-state index contributed by atoms with van der Waals surface area (Å²) in [6, 6.07) is 6.04. The molecule has 4 heteroatoms. The van der Waals surface area contributed by atoms with Crippen molar-refractivity contribution in [2.45, 2.75) is 51.4 Å². The fourth-order valence-electron chi connectivity index (χ4n) is 5.56. The molecular weight excluding hydrogens is 304 g/mol. The summed E-state index contributed by atoms with van der Waals surface area (Å²) in [6.45, 7) is 1.90. The number of carboxylic acids is 1. The molecule has 1 N–H and O–H groups in total. The number of hydrogen-bond donors (Lipinski definition) is 1. The third kappa shape index (κ3) is 2.35. The van der Waals surface area contributed by atoms with Gasteiger partial charge in [-0.05, 0) is 73.1 Å². The van der Waals surface area contributed by atoms with Crippen molar-refractivity contribution < 1.29 is 19.4 Å². The number of carboxylic acid groups (broad SMARTS) is 1. The Balaban J connectivity index is 1.59. The summed E-state index contributed by atoms with van der Waals surface area (Å²) in [5, 5.41) is 8.75. The van der Waals surface area contributed by atoms with E-state index in [0.29, 0.717) is 29.3 Å².